The highest BCUT2D eigenvalue weighted by molar-refractivity contribution is 7.90. The molecule has 1 N–H and O–H groups in total. The van der Waals surface area contributed by atoms with Crippen molar-refractivity contribution < 1.29 is 35.2 Å². The molecule has 0 spiro atoms. The lowest BCUT2D eigenvalue weighted by atomic mass is 10.2. The minimum absolute atomic E-state index is 0.101. The third kappa shape index (κ3) is 4.62. The molecule has 0 saturated heterocycles. The highest BCUT2D eigenvalue weighted by Gasteiger charge is 2.43. The van der Waals surface area contributed by atoms with Crippen LogP contribution in [0.5, 0.6) is 0 Å². The molecule has 0 aliphatic heterocycles. The lowest BCUT2D eigenvalue weighted by molar-refractivity contribution is -0.143. The van der Waals surface area contributed by atoms with Gasteiger partial charge in [-0.1, -0.05) is 28.4 Å². The monoisotopic (exact) mass is 500 g/mol. The summed E-state index contributed by atoms with van der Waals surface area (Å²) in [7, 11) is -5.09. The van der Waals surface area contributed by atoms with E-state index in [2.05, 4.69) is 10.3 Å². The molecule has 2 aromatic carbocycles. The Morgan fingerprint density at radius 1 is 1.06 bits per heavy atom. The van der Waals surface area contributed by atoms with Crippen LogP contribution in [-0.4, -0.2) is 29.3 Å². The summed E-state index contributed by atoms with van der Waals surface area (Å²) >= 11 is 11.6. The fourth-order valence-electron chi connectivity index (χ4n) is 2.42. The second-order valence-electron chi connectivity index (χ2n) is 5.80. The Morgan fingerprint density at radius 2 is 1.74 bits per heavy atom. The Balaban J connectivity index is 2.08. The Kier molecular flexibility index (Phi) is 5.95. The fourth-order valence-corrected chi connectivity index (χ4v) is 3.95. The molecule has 31 heavy (non-hydrogen) atoms. The van der Waals surface area contributed by atoms with E-state index >= 15 is 0 Å². The van der Waals surface area contributed by atoms with Gasteiger partial charge in [-0.3, -0.25) is 4.79 Å². The SMILES string of the molecule is O=C(NS(=O)(=O)c1cc(F)ccc1F)c1nnn(-c2ccc(Cl)cc2Cl)c1C(F)(F)F. The number of rotatable bonds is 4. The first-order chi connectivity index (χ1) is 14.3. The Labute approximate surface area is 180 Å². The van der Waals surface area contributed by atoms with Crippen LogP contribution in [0.1, 0.15) is 16.2 Å². The summed E-state index contributed by atoms with van der Waals surface area (Å²) in [6.07, 6.45) is -5.24. The normalized spacial score (nSPS) is 12.1. The van der Waals surface area contributed by atoms with Gasteiger partial charge in [0.1, 0.15) is 16.5 Å². The van der Waals surface area contributed by atoms with Gasteiger partial charge in [-0.05, 0) is 36.4 Å². The molecule has 0 aliphatic rings. The van der Waals surface area contributed by atoms with E-state index in [-0.39, 0.29) is 26.5 Å². The molecule has 1 heterocycles. The number of sulfonamides is 1. The van der Waals surface area contributed by atoms with Crippen LogP contribution in [-0.2, 0) is 16.2 Å². The van der Waals surface area contributed by atoms with E-state index in [0.717, 1.165) is 12.1 Å². The highest BCUT2D eigenvalue weighted by Crippen LogP contribution is 2.35. The zero-order valence-corrected chi connectivity index (χ0v) is 16.9. The third-order valence-electron chi connectivity index (χ3n) is 3.70. The zero-order chi connectivity index (χ0) is 23.1. The number of amides is 1. The summed E-state index contributed by atoms with van der Waals surface area (Å²) in [5.41, 5.74) is -3.56. The van der Waals surface area contributed by atoms with Crippen LogP contribution >= 0.6 is 23.2 Å². The third-order valence-corrected chi connectivity index (χ3v) is 5.59. The van der Waals surface area contributed by atoms with Crippen LogP contribution in [0.2, 0.25) is 10.0 Å². The largest absolute Gasteiger partial charge is 0.435 e. The van der Waals surface area contributed by atoms with Crippen molar-refractivity contribution in [3.63, 3.8) is 0 Å². The van der Waals surface area contributed by atoms with Gasteiger partial charge in [-0.25, -0.2) is 26.6 Å². The van der Waals surface area contributed by atoms with Crippen molar-refractivity contribution in [2.24, 2.45) is 0 Å². The van der Waals surface area contributed by atoms with Crippen molar-refractivity contribution in [2.45, 2.75) is 11.1 Å². The van der Waals surface area contributed by atoms with E-state index in [0.29, 0.717) is 12.1 Å². The summed E-state index contributed by atoms with van der Waals surface area (Å²) in [6, 6.07) is 4.70. The number of nitrogens with one attached hydrogen (secondary N) is 1. The number of halogens is 7. The maximum absolute atomic E-state index is 13.8. The number of hydrogen-bond acceptors (Lipinski definition) is 5. The van der Waals surface area contributed by atoms with Gasteiger partial charge in [0, 0.05) is 5.02 Å². The van der Waals surface area contributed by atoms with Gasteiger partial charge in [0.25, 0.3) is 15.9 Å². The molecule has 0 bridgehead atoms. The molecular formula is C16H7Cl2F5N4O3S. The van der Waals surface area contributed by atoms with Crippen LogP contribution in [0.15, 0.2) is 41.3 Å². The van der Waals surface area contributed by atoms with Crippen LogP contribution in [0.3, 0.4) is 0 Å². The molecule has 7 nitrogen and oxygen atoms in total. The number of hydrogen-bond donors (Lipinski definition) is 1. The average Bonchev–Trinajstić information content (AvgIpc) is 3.08. The molecule has 0 unspecified atom stereocenters. The molecule has 3 rings (SSSR count). The summed E-state index contributed by atoms with van der Waals surface area (Å²) in [5.74, 6) is -4.48. The molecule has 0 saturated carbocycles. The number of nitrogens with zero attached hydrogens (tertiary/aromatic N) is 3. The number of carbonyl (C=O) groups is 1. The summed E-state index contributed by atoms with van der Waals surface area (Å²) in [4.78, 5) is 11.0. The van der Waals surface area contributed by atoms with Gasteiger partial charge in [-0.2, -0.15) is 13.2 Å². The van der Waals surface area contributed by atoms with E-state index < -0.39 is 50.0 Å². The van der Waals surface area contributed by atoms with Crippen molar-refractivity contribution in [1.29, 1.82) is 0 Å². The topological polar surface area (TPSA) is 93.9 Å². The standard InChI is InChI=1S/C16H7Cl2F5N4O3S/c17-7-1-4-11(9(18)5-7)27-14(16(21,22)23)13(24-26-27)15(28)25-31(29,30)12-6-8(19)2-3-10(12)20/h1-6H,(H,25,28). The zero-order valence-electron chi connectivity index (χ0n) is 14.6. The van der Waals surface area contributed by atoms with Crippen LogP contribution in [0, 0.1) is 11.6 Å². The average molecular weight is 501 g/mol. The first-order valence-electron chi connectivity index (χ1n) is 7.82. The maximum Gasteiger partial charge on any atom is 0.435 e. The van der Waals surface area contributed by atoms with Crippen molar-refractivity contribution in [1.82, 2.24) is 19.7 Å². The first-order valence-corrected chi connectivity index (χ1v) is 10.1. The van der Waals surface area contributed by atoms with Crippen LogP contribution in [0.25, 0.3) is 5.69 Å². The van der Waals surface area contributed by atoms with Crippen LogP contribution < -0.4 is 4.72 Å². The number of aromatic nitrogens is 3. The molecule has 0 fully saturated rings. The molecule has 1 aromatic heterocycles. The predicted octanol–water partition coefficient (Wildman–Crippen LogP) is 3.99. The van der Waals surface area contributed by atoms with Gasteiger partial charge in [0.2, 0.25) is 0 Å². The summed E-state index contributed by atoms with van der Waals surface area (Å²) in [6.45, 7) is 0. The molecule has 0 atom stereocenters. The quantitative estimate of drug-likeness (QED) is 0.546. The second-order valence-corrected chi connectivity index (χ2v) is 8.30. The van der Waals surface area contributed by atoms with E-state index in [9.17, 15) is 35.2 Å². The Morgan fingerprint density at radius 3 is 2.35 bits per heavy atom. The van der Waals surface area contributed by atoms with Crippen LogP contribution in [0.4, 0.5) is 22.0 Å². The van der Waals surface area contributed by atoms with Crippen molar-refractivity contribution >= 4 is 39.1 Å². The second kappa shape index (κ2) is 8.05. The molecule has 164 valence electrons. The Hall–Kier alpha value is -2.77. The smallest absolute Gasteiger partial charge is 0.266 e. The molecule has 3 aromatic rings. The molecule has 0 aliphatic carbocycles. The lowest BCUT2D eigenvalue weighted by Gasteiger charge is -2.12. The molecule has 0 radical (unpaired) electrons. The summed E-state index contributed by atoms with van der Waals surface area (Å²) in [5, 5.41) is 6.15. The van der Waals surface area contributed by atoms with Gasteiger partial charge >= 0.3 is 6.18 Å². The number of benzene rings is 2. The minimum atomic E-state index is -5.24. The van der Waals surface area contributed by atoms with Gasteiger partial charge in [-0.15, -0.1) is 5.10 Å². The van der Waals surface area contributed by atoms with E-state index in [1.807, 2.05) is 0 Å². The minimum Gasteiger partial charge on any atom is -0.266 e. The van der Waals surface area contributed by atoms with E-state index in [1.54, 1.807) is 0 Å². The summed E-state index contributed by atoms with van der Waals surface area (Å²) < 4.78 is 93.8. The van der Waals surface area contributed by atoms with Gasteiger partial charge in [0.15, 0.2) is 11.4 Å². The fraction of sp³-hybridized carbons (Fsp3) is 0.0625. The maximum atomic E-state index is 13.8. The molecular weight excluding hydrogens is 494 g/mol. The lowest BCUT2D eigenvalue weighted by Crippen LogP contribution is -2.33. The molecule has 1 amide bonds. The highest BCUT2D eigenvalue weighted by atomic mass is 35.5. The van der Waals surface area contributed by atoms with Gasteiger partial charge < -0.3 is 0 Å². The first kappa shape index (κ1) is 22.9. The molecule has 15 heteroatoms. The Bertz CT molecular complexity index is 1290. The van der Waals surface area contributed by atoms with E-state index in [4.69, 9.17) is 23.2 Å². The van der Waals surface area contributed by atoms with Crippen molar-refractivity contribution in [2.75, 3.05) is 0 Å². The van der Waals surface area contributed by atoms with Gasteiger partial charge in [0.05, 0.1) is 10.7 Å². The number of carbonyl (C=O) groups excluding carboxylic acids is 1. The number of alkyl halides is 3. The van der Waals surface area contributed by atoms with Crippen molar-refractivity contribution in [3.8, 4) is 5.69 Å². The van der Waals surface area contributed by atoms with Crippen molar-refractivity contribution in [3.05, 3.63) is 69.5 Å². The van der Waals surface area contributed by atoms with E-state index in [1.165, 1.54) is 10.8 Å². The predicted molar refractivity (Wildman–Crippen MR) is 97.4 cm³/mol.